The lowest BCUT2D eigenvalue weighted by Gasteiger charge is -2.10. The highest BCUT2D eigenvalue weighted by Gasteiger charge is 2.16. The lowest BCUT2D eigenvalue weighted by atomic mass is 10.1. The number of halogens is 1. The van der Waals surface area contributed by atoms with Gasteiger partial charge in [-0.1, -0.05) is 28.1 Å². The van der Waals surface area contributed by atoms with E-state index < -0.39 is 12.0 Å². The van der Waals surface area contributed by atoms with Gasteiger partial charge in [0.15, 0.2) is 0 Å². The highest BCUT2D eigenvalue weighted by Crippen LogP contribution is 2.11. The van der Waals surface area contributed by atoms with Crippen LogP contribution in [0.15, 0.2) is 28.7 Å². The van der Waals surface area contributed by atoms with Crippen LogP contribution in [0.4, 0.5) is 0 Å². The fourth-order valence-corrected chi connectivity index (χ4v) is 1.42. The Morgan fingerprint density at radius 2 is 2.07 bits per heavy atom. The van der Waals surface area contributed by atoms with Gasteiger partial charge in [-0.2, -0.15) is 0 Å². The molecule has 0 aliphatic carbocycles. The number of carbonyl (C=O) groups excluding carboxylic acids is 1. The van der Waals surface area contributed by atoms with Gasteiger partial charge >= 0.3 is 5.97 Å². The number of carboxylic acids is 1. The van der Waals surface area contributed by atoms with Crippen molar-refractivity contribution in [3.63, 3.8) is 0 Å². The van der Waals surface area contributed by atoms with E-state index in [0.29, 0.717) is 6.41 Å². The zero-order valence-electron chi connectivity index (χ0n) is 7.81. The molecule has 1 aromatic rings. The molecular weight excluding hydrogens is 262 g/mol. The molecule has 0 bridgehead atoms. The number of benzene rings is 1. The minimum absolute atomic E-state index is 0.279. The second-order valence-corrected chi connectivity index (χ2v) is 3.92. The summed E-state index contributed by atoms with van der Waals surface area (Å²) in [7, 11) is 0. The van der Waals surface area contributed by atoms with Crippen LogP contribution in [0.5, 0.6) is 0 Å². The van der Waals surface area contributed by atoms with Crippen molar-refractivity contribution < 1.29 is 14.7 Å². The van der Waals surface area contributed by atoms with Crippen LogP contribution < -0.4 is 5.32 Å². The number of amides is 1. The highest BCUT2D eigenvalue weighted by molar-refractivity contribution is 9.10. The van der Waals surface area contributed by atoms with Gasteiger partial charge in [-0.05, 0) is 17.7 Å². The average Bonchev–Trinajstić information content (AvgIpc) is 2.20. The van der Waals surface area contributed by atoms with Crippen LogP contribution >= 0.6 is 15.9 Å². The first kappa shape index (κ1) is 11.7. The van der Waals surface area contributed by atoms with Gasteiger partial charge in [0, 0.05) is 10.9 Å². The summed E-state index contributed by atoms with van der Waals surface area (Å²) in [5, 5.41) is 11.0. The maximum absolute atomic E-state index is 10.7. The third-order valence-corrected chi connectivity index (χ3v) is 2.45. The maximum Gasteiger partial charge on any atom is 0.326 e. The summed E-state index contributed by atoms with van der Waals surface area (Å²) >= 11 is 3.28. The molecule has 5 heteroatoms. The minimum Gasteiger partial charge on any atom is -0.480 e. The van der Waals surface area contributed by atoms with E-state index in [9.17, 15) is 9.59 Å². The summed E-state index contributed by atoms with van der Waals surface area (Å²) in [6.07, 6.45) is 0.680. The van der Waals surface area contributed by atoms with Crippen molar-refractivity contribution in [1.82, 2.24) is 5.32 Å². The standard InChI is InChI=1S/C10H10BrNO3/c11-8-3-1-7(2-4-8)5-9(10(14)15)12-6-13/h1-4,6,9H,5H2,(H,12,13)(H,14,15). The summed E-state index contributed by atoms with van der Waals surface area (Å²) in [6.45, 7) is 0. The minimum atomic E-state index is -1.04. The first-order valence-electron chi connectivity index (χ1n) is 4.30. The van der Waals surface area contributed by atoms with E-state index in [-0.39, 0.29) is 6.42 Å². The smallest absolute Gasteiger partial charge is 0.326 e. The quantitative estimate of drug-likeness (QED) is 0.791. The number of aliphatic carboxylic acids is 1. The predicted molar refractivity (Wildman–Crippen MR) is 58.5 cm³/mol. The van der Waals surface area contributed by atoms with Gasteiger partial charge < -0.3 is 10.4 Å². The van der Waals surface area contributed by atoms with E-state index in [4.69, 9.17) is 5.11 Å². The monoisotopic (exact) mass is 271 g/mol. The van der Waals surface area contributed by atoms with Crippen LogP contribution in [-0.2, 0) is 16.0 Å². The fraction of sp³-hybridized carbons (Fsp3) is 0.200. The average molecular weight is 272 g/mol. The lowest BCUT2D eigenvalue weighted by molar-refractivity contribution is -0.140. The van der Waals surface area contributed by atoms with Crippen LogP contribution in [0.25, 0.3) is 0 Å². The van der Waals surface area contributed by atoms with Crippen LogP contribution in [0, 0.1) is 0 Å². The Morgan fingerprint density at radius 3 is 2.53 bits per heavy atom. The molecule has 0 radical (unpaired) electrons. The third-order valence-electron chi connectivity index (χ3n) is 1.92. The Morgan fingerprint density at radius 1 is 1.47 bits per heavy atom. The molecule has 1 rings (SSSR count). The number of nitrogens with one attached hydrogen (secondary N) is 1. The van der Waals surface area contributed by atoms with Crippen molar-refractivity contribution in [3.05, 3.63) is 34.3 Å². The molecular formula is C10H10BrNO3. The summed E-state index contributed by atoms with van der Waals surface area (Å²) in [5.74, 6) is -1.04. The predicted octanol–water partition coefficient (Wildman–Crippen LogP) is 1.19. The lowest BCUT2D eigenvalue weighted by Crippen LogP contribution is -2.37. The molecule has 0 heterocycles. The number of rotatable bonds is 5. The van der Waals surface area contributed by atoms with Gasteiger partial charge in [-0.15, -0.1) is 0 Å². The Labute approximate surface area is 95.4 Å². The molecule has 1 amide bonds. The van der Waals surface area contributed by atoms with Crippen molar-refractivity contribution in [2.24, 2.45) is 0 Å². The van der Waals surface area contributed by atoms with E-state index in [1.807, 2.05) is 24.3 Å². The van der Waals surface area contributed by atoms with Crippen molar-refractivity contribution in [2.75, 3.05) is 0 Å². The first-order chi connectivity index (χ1) is 7.13. The normalized spacial score (nSPS) is 11.8. The van der Waals surface area contributed by atoms with E-state index in [1.165, 1.54) is 0 Å². The van der Waals surface area contributed by atoms with Crippen molar-refractivity contribution in [3.8, 4) is 0 Å². The number of carbonyl (C=O) groups is 2. The molecule has 0 saturated carbocycles. The highest BCUT2D eigenvalue weighted by atomic mass is 79.9. The van der Waals surface area contributed by atoms with E-state index in [2.05, 4.69) is 21.2 Å². The zero-order chi connectivity index (χ0) is 11.3. The van der Waals surface area contributed by atoms with Gasteiger partial charge in [0.25, 0.3) is 0 Å². The van der Waals surface area contributed by atoms with Crippen LogP contribution in [0.2, 0.25) is 0 Å². The molecule has 1 aromatic carbocycles. The fourth-order valence-electron chi connectivity index (χ4n) is 1.16. The number of hydrogen-bond acceptors (Lipinski definition) is 2. The SMILES string of the molecule is O=CNC(Cc1ccc(Br)cc1)C(=O)O. The molecule has 1 unspecified atom stereocenters. The number of carboxylic acid groups (broad SMARTS) is 1. The zero-order valence-corrected chi connectivity index (χ0v) is 9.40. The molecule has 2 N–H and O–H groups in total. The molecule has 15 heavy (non-hydrogen) atoms. The van der Waals surface area contributed by atoms with E-state index in [1.54, 1.807) is 0 Å². The van der Waals surface area contributed by atoms with Crippen molar-refractivity contribution in [2.45, 2.75) is 12.5 Å². The molecule has 0 spiro atoms. The van der Waals surface area contributed by atoms with Crippen LogP contribution in [-0.4, -0.2) is 23.5 Å². The second kappa shape index (κ2) is 5.50. The Balaban J connectivity index is 2.69. The first-order valence-corrected chi connectivity index (χ1v) is 5.09. The molecule has 80 valence electrons. The summed E-state index contributed by atoms with van der Waals surface area (Å²) < 4.78 is 0.932. The summed E-state index contributed by atoms with van der Waals surface area (Å²) in [4.78, 5) is 20.9. The Hall–Kier alpha value is -1.36. The van der Waals surface area contributed by atoms with Gasteiger partial charge in [0.2, 0.25) is 6.41 Å². The van der Waals surface area contributed by atoms with E-state index >= 15 is 0 Å². The summed E-state index contributed by atoms with van der Waals surface area (Å²) in [6, 6.07) is 6.41. The molecule has 0 aliphatic rings. The Bertz CT molecular complexity index is 350. The maximum atomic E-state index is 10.7. The van der Waals surface area contributed by atoms with Gasteiger partial charge in [-0.3, -0.25) is 4.79 Å². The van der Waals surface area contributed by atoms with Gasteiger partial charge in [0.1, 0.15) is 6.04 Å². The largest absolute Gasteiger partial charge is 0.480 e. The van der Waals surface area contributed by atoms with Gasteiger partial charge in [-0.25, -0.2) is 4.79 Å². The molecule has 0 saturated heterocycles. The van der Waals surface area contributed by atoms with Crippen LogP contribution in [0.3, 0.4) is 0 Å². The van der Waals surface area contributed by atoms with Crippen molar-refractivity contribution in [1.29, 1.82) is 0 Å². The molecule has 4 nitrogen and oxygen atoms in total. The second-order valence-electron chi connectivity index (χ2n) is 3.01. The molecule has 0 aromatic heterocycles. The van der Waals surface area contributed by atoms with E-state index in [0.717, 1.165) is 10.0 Å². The topological polar surface area (TPSA) is 66.4 Å². The molecule has 1 atom stereocenters. The Kier molecular flexibility index (Phi) is 4.30. The van der Waals surface area contributed by atoms with Gasteiger partial charge in [0.05, 0.1) is 0 Å². The molecule has 0 fully saturated rings. The number of hydrogen-bond donors (Lipinski definition) is 2. The van der Waals surface area contributed by atoms with Crippen molar-refractivity contribution >= 4 is 28.3 Å². The summed E-state index contributed by atoms with van der Waals surface area (Å²) in [5.41, 5.74) is 0.861. The van der Waals surface area contributed by atoms with Crippen LogP contribution in [0.1, 0.15) is 5.56 Å². The third kappa shape index (κ3) is 3.71. The molecule has 0 aliphatic heterocycles.